The van der Waals surface area contributed by atoms with Crippen LogP contribution in [0.4, 0.5) is 5.69 Å². The highest BCUT2D eigenvalue weighted by molar-refractivity contribution is 6.38. The van der Waals surface area contributed by atoms with Crippen molar-refractivity contribution >= 4 is 28.9 Å². The predicted octanol–water partition coefficient (Wildman–Crippen LogP) is 4.44. The van der Waals surface area contributed by atoms with Gasteiger partial charge in [0.2, 0.25) is 0 Å². The zero-order valence-corrected chi connectivity index (χ0v) is 12.9. The molecule has 4 heteroatoms. The SMILES string of the molecule is CCC(C)CN(CC)Cc1cc(Cl)c(N)c(Cl)c1. The Morgan fingerprint density at radius 2 is 1.78 bits per heavy atom. The molecule has 0 aliphatic carbocycles. The maximum atomic E-state index is 6.05. The van der Waals surface area contributed by atoms with Gasteiger partial charge in [-0.15, -0.1) is 0 Å². The van der Waals surface area contributed by atoms with Crippen LogP contribution < -0.4 is 5.73 Å². The first-order valence-electron chi connectivity index (χ1n) is 6.43. The number of halogens is 2. The van der Waals surface area contributed by atoms with Crippen LogP contribution in [0.25, 0.3) is 0 Å². The summed E-state index contributed by atoms with van der Waals surface area (Å²) in [5.41, 5.74) is 7.32. The van der Waals surface area contributed by atoms with E-state index in [9.17, 15) is 0 Å². The summed E-state index contributed by atoms with van der Waals surface area (Å²) in [5, 5.41) is 1.08. The van der Waals surface area contributed by atoms with Crippen LogP contribution in [-0.4, -0.2) is 18.0 Å². The minimum absolute atomic E-state index is 0.465. The lowest BCUT2D eigenvalue weighted by atomic mass is 10.1. The normalized spacial score (nSPS) is 13.0. The van der Waals surface area contributed by atoms with Crippen molar-refractivity contribution in [2.24, 2.45) is 5.92 Å². The molecule has 2 N–H and O–H groups in total. The zero-order valence-electron chi connectivity index (χ0n) is 11.3. The van der Waals surface area contributed by atoms with Gasteiger partial charge in [-0.1, -0.05) is 50.4 Å². The van der Waals surface area contributed by atoms with Gasteiger partial charge >= 0.3 is 0 Å². The minimum Gasteiger partial charge on any atom is -0.396 e. The molecule has 2 nitrogen and oxygen atoms in total. The highest BCUT2D eigenvalue weighted by Gasteiger charge is 2.10. The lowest BCUT2D eigenvalue weighted by Gasteiger charge is -2.24. The van der Waals surface area contributed by atoms with Crippen LogP contribution in [0.1, 0.15) is 32.8 Å². The van der Waals surface area contributed by atoms with Crippen molar-refractivity contribution in [3.05, 3.63) is 27.7 Å². The lowest BCUT2D eigenvalue weighted by molar-refractivity contribution is 0.238. The molecule has 0 saturated heterocycles. The molecular formula is C14H22Cl2N2. The van der Waals surface area contributed by atoms with Crippen molar-refractivity contribution in [3.8, 4) is 0 Å². The van der Waals surface area contributed by atoms with Crippen molar-refractivity contribution in [1.82, 2.24) is 4.90 Å². The molecule has 0 aliphatic heterocycles. The maximum Gasteiger partial charge on any atom is 0.0693 e. The zero-order chi connectivity index (χ0) is 13.7. The largest absolute Gasteiger partial charge is 0.396 e. The highest BCUT2D eigenvalue weighted by atomic mass is 35.5. The van der Waals surface area contributed by atoms with Gasteiger partial charge in [0.1, 0.15) is 0 Å². The molecule has 0 radical (unpaired) electrons. The molecule has 0 heterocycles. The number of hydrogen-bond donors (Lipinski definition) is 1. The van der Waals surface area contributed by atoms with Crippen LogP contribution in [-0.2, 0) is 6.54 Å². The third kappa shape index (κ3) is 4.34. The first-order valence-corrected chi connectivity index (χ1v) is 7.19. The smallest absolute Gasteiger partial charge is 0.0693 e. The number of benzene rings is 1. The Labute approximate surface area is 120 Å². The fraction of sp³-hybridized carbons (Fsp3) is 0.571. The summed E-state index contributed by atoms with van der Waals surface area (Å²) in [7, 11) is 0. The average molecular weight is 289 g/mol. The third-order valence-electron chi connectivity index (χ3n) is 3.26. The van der Waals surface area contributed by atoms with Crippen LogP contribution in [0.2, 0.25) is 10.0 Å². The highest BCUT2D eigenvalue weighted by Crippen LogP contribution is 2.29. The maximum absolute atomic E-state index is 6.05. The lowest BCUT2D eigenvalue weighted by Crippen LogP contribution is -2.27. The monoisotopic (exact) mass is 288 g/mol. The second-order valence-electron chi connectivity index (χ2n) is 4.81. The summed E-state index contributed by atoms with van der Waals surface area (Å²) >= 11 is 12.1. The second-order valence-corrected chi connectivity index (χ2v) is 5.63. The molecule has 0 aromatic heterocycles. The number of hydrogen-bond acceptors (Lipinski definition) is 2. The standard InChI is InChI=1S/C14H22Cl2N2/c1-4-10(3)8-18(5-2)9-11-6-12(15)14(17)13(16)7-11/h6-7,10H,4-5,8-9,17H2,1-3H3. The minimum atomic E-state index is 0.465. The number of nitrogens with two attached hydrogens (primary N) is 1. The molecule has 0 amide bonds. The van der Waals surface area contributed by atoms with E-state index in [0.29, 0.717) is 21.7 Å². The molecule has 0 fully saturated rings. The van der Waals surface area contributed by atoms with Gasteiger partial charge in [0.25, 0.3) is 0 Å². The molecule has 1 atom stereocenters. The van der Waals surface area contributed by atoms with Crippen molar-refractivity contribution in [1.29, 1.82) is 0 Å². The van der Waals surface area contributed by atoms with E-state index in [4.69, 9.17) is 28.9 Å². The van der Waals surface area contributed by atoms with E-state index in [1.807, 2.05) is 12.1 Å². The Kier molecular flexibility index (Phi) is 6.27. The topological polar surface area (TPSA) is 29.3 Å². The van der Waals surface area contributed by atoms with Crippen molar-refractivity contribution in [2.75, 3.05) is 18.8 Å². The molecular weight excluding hydrogens is 267 g/mol. The van der Waals surface area contributed by atoms with Crippen LogP contribution in [0, 0.1) is 5.92 Å². The van der Waals surface area contributed by atoms with Gasteiger partial charge in [0.05, 0.1) is 15.7 Å². The van der Waals surface area contributed by atoms with Gasteiger partial charge in [0, 0.05) is 13.1 Å². The van der Waals surface area contributed by atoms with E-state index in [1.165, 1.54) is 6.42 Å². The molecule has 0 spiro atoms. The average Bonchev–Trinajstić information content (AvgIpc) is 2.34. The van der Waals surface area contributed by atoms with E-state index >= 15 is 0 Å². The van der Waals surface area contributed by atoms with Crippen molar-refractivity contribution < 1.29 is 0 Å². The Hall–Kier alpha value is -0.440. The Balaban J connectivity index is 2.76. The second kappa shape index (κ2) is 7.22. The number of rotatable bonds is 6. The Bertz CT molecular complexity index is 370. The van der Waals surface area contributed by atoms with Crippen LogP contribution in [0.3, 0.4) is 0 Å². The number of anilines is 1. The van der Waals surface area contributed by atoms with Crippen LogP contribution in [0.5, 0.6) is 0 Å². The quantitative estimate of drug-likeness (QED) is 0.784. The molecule has 1 rings (SSSR count). The fourth-order valence-corrected chi connectivity index (χ4v) is 2.39. The van der Waals surface area contributed by atoms with Gasteiger partial charge in [-0.3, -0.25) is 4.90 Å². The summed E-state index contributed by atoms with van der Waals surface area (Å²) in [6, 6.07) is 3.81. The first kappa shape index (κ1) is 15.6. The van der Waals surface area contributed by atoms with E-state index < -0.39 is 0 Å². The predicted molar refractivity (Wildman–Crippen MR) is 81.3 cm³/mol. The summed E-state index contributed by atoms with van der Waals surface area (Å²) in [5.74, 6) is 0.699. The van der Waals surface area contributed by atoms with E-state index in [0.717, 1.165) is 25.2 Å². The van der Waals surface area contributed by atoms with Gasteiger partial charge in [-0.25, -0.2) is 0 Å². The molecule has 0 aliphatic rings. The van der Waals surface area contributed by atoms with E-state index in [1.54, 1.807) is 0 Å². The summed E-state index contributed by atoms with van der Waals surface area (Å²) < 4.78 is 0. The number of nitrogens with zero attached hydrogens (tertiary/aromatic N) is 1. The Morgan fingerprint density at radius 3 is 2.22 bits per heavy atom. The molecule has 102 valence electrons. The van der Waals surface area contributed by atoms with Gasteiger partial charge < -0.3 is 5.73 Å². The summed E-state index contributed by atoms with van der Waals surface area (Å²) in [6.45, 7) is 9.63. The molecule has 0 saturated carbocycles. The molecule has 1 unspecified atom stereocenters. The van der Waals surface area contributed by atoms with E-state index in [2.05, 4.69) is 25.7 Å². The van der Waals surface area contributed by atoms with Gasteiger partial charge in [-0.2, -0.15) is 0 Å². The Morgan fingerprint density at radius 1 is 1.22 bits per heavy atom. The van der Waals surface area contributed by atoms with Crippen LogP contribution >= 0.6 is 23.2 Å². The summed E-state index contributed by atoms with van der Waals surface area (Å²) in [6.07, 6.45) is 1.19. The molecule has 1 aromatic rings. The van der Waals surface area contributed by atoms with E-state index in [-0.39, 0.29) is 0 Å². The third-order valence-corrected chi connectivity index (χ3v) is 3.88. The van der Waals surface area contributed by atoms with Crippen molar-refractivity contribution in [2.45, 2.75) is 33.7 Å². The number of nitrogen functional groups attached to an aromatic ring is 1. The molecule has 0 bridgehead atoms. The van der Waals surface area contributed by atoms with Crippen molar-refractivity contribution in [3.63, 3.8) is 0 Å². The van der Waals surface area contributed by atoms with Gasteiger partial charge in [0.15, 0.2) is 0 Å². The summed E-state index contributed by atoms with van der Waals surface area (Å²) in [4.78, 5) is 2.40. The molecule has 18 heavy (non-hydrogen) atoms. The fourth-order valence-electron chi connectivity index (χ4n) is 1.86. The van der Waals surface area contributed by atoms with Gasteiger partial charge in [-0.05, 0) is 30.2 Å². The van der Waals surface area contributed by atoms with Crippen LogP contribution in [0.15, 0.2) is 12.1 Å². The first-order chi connectivity index (χ1) is 8.47. The molecule has 1 aromatic carbocycles.